The van der Waals surface area contributed by atoms with Gasteiger partial charge in [-0.1, -0.05) is 0 Å². The van der Waals surface area contributed by atoms with E-state index in [-0.39, 0.29) is 19.0 Å². The second-order valence-electron chi connectivity index (χ2n) is 2.84. The molecule has 0 saturated heterocycles. The quantitative estimate of drug-likeness (QED) is 0.494. The van der Waals surface area contributed by atoms with Crippen LogP contribution in [0.15, 0.2) is 0 Å². The van der Waals surface area contributed by atoms with Crippen LogP contribution in [0.1, 0.15) is 12.8 Å². The Morgan fingerprint density at radius 2 is 2.00 bits per heavy atom. The van der Waals surface area contributed by atoms with E-state index in [2.05, 4.69) is 10.6 Å². The fourth-order valence-corrected chi connectivity index (χ4v) is 0.789. The Labute approximate surface area is 70.1 Å². The van der Waals surface area contributed by atoms with Crippen molar-refractivity contribution >= 4 is 11.9 Å². The van der Waals surface area contributed by atoms with Gasteiger partial charge in [-0.3, -0.25) is 14.9 Å². The van der Waals surface area contributed by atoms with Crippen molar-refractivity contribution in [3.63, 3.8) is 0 Å². The summed E-state index contributed by atoms with van der Waals surface area (Å²) in [7, 11) is 0. The molecule has 0 aliphatic heterocycles. The molecule has 0 spiro atoms. The number of carbonyl (C=O) groups excluding carboxylic acids is 1. The van der Waals surface area contributed by atoms with E-state index in [1.165, 1.54) is 0 Å². The first kappa shape index (κ1) is 8.99. The zero-order valence-corrected chi connectivity index (χ0v) is 6.67. The summed E-state index contributed by atoms with van der Waals surface area (Å²) in [6.45, 7) is -0.0825. The number of rotatable bonds is 5. The van der Waals surface area contributed by atoms with Crippen molar-refractivity contribution < 1.29 is 14.7 Å². The largest absolute Gasteiger partial charge is 0.480 e. The van der Waals surface area contributed by atoms with Crippen LogP contribution in [-0.4, -0.2) is 36.1 Å². The molecule has 0 unspecified atom stereocenters. The highest BCUT2D eigenvalue weighted by molar-refractivity contribution is 5.79. The van der Waals surface area contributed by atoms with Gasteiger partial charge < -0.3 is 10.4 Å². The first-order chi connectivity index (χ1) is 5.68. The molecule has 68 valence electrons. The minimum Gasteiger partial charge on any atom is -0.480 e. The van der Waals surface area contributed by atoms with Crippen molar-refractivity contribution in [1.29, 1.82) is 0 Å². The highest BCUT2D eigenvalue weighted by Crippen LogP contribution is 2.17. The van der Waals surface area contributed by atoms with E-state index in [0.29, 0.717) is 6.04 Å². The van der Waals surface area contributed by atoms with E-state index in [1.54, 1.807) is 0 Å². The second-order valence-corrected chi connectivity index (χ2v) is 2.84. The molecule has 0 aromatic heterocycles. The van der Waals surface area contributed by atoms with Crippen LogP contribution < -0.4 is 10.6 Å². The minimum atomic E-state index is -0.950. The van der Waals surface area contributed by atoms with Gasteiger partial charge in [-0.2, -0.15) is 0 Å². The number of carbonyl (C=O) groups is 2. The second kappa shape index (κ2) is 4.06. The zero-order chi connectivity index (χ0) is 8.97. The number of carboxylic acids is 1. The van der Waals surface area contributed by atoms with Gasteiger partial charge in [0.2, 0.25) is 5.91 Å². The molecule has 0 bridgehead atoms. The summed E-state index contributed by atoms with van der Waals surface area (Å²) < 4.78 is 0. The maximum absolute atomic E-state index is 10.9. The van der Waals surface area contributed by atoms with Gasteiger partial charge in [0, 0.05) is 6.04 Å². The Bertz CT molecular complexity index is 189. The van der Waals surface area contributed by atoms with Crippen molar-refractivity contribution in [1.82, 2.24) is 10.6 Å². The SMILES string of the molecule is O=C(O)CNCC(=O)NC1CC1. The van der Waals surface area contributed by atoms with Gasteiger partial charge in [0.25, 0.3) is 0 Å². The van der Waals surface area contributed by atoms with E-state index in [4.69, 9.17) is 5.11 Å². The molecule has 1 fully saturated rings. The van der Waals surface area contributed by atoms with Crippen LogP contribution in [0.5, 0.6) is 0 Å². The molecule has 3 N–H and O–H groups in total. The summed E-state index contributed by atoms with van der Waals surface area (Å²) in [6.07, 6.45) is 2.09. The van der Waals surface area contributed by atoms with Gasteiger partial charge in [-0.15, -0.1) is 0 Å². The number of hydrogen-bond donors (Lipinski definition) is 3. The first-order valence-corrected chi connectivity index (χ1v) is 3.90. The van der Waals surface area contributed by atoms with E-state index >= 15 is 0 Å². The minimum absolute atomic E-state index is 0.0861. The molecule has 5 nitrogen and oxygen atoms in total. The average Bonchev–Trinajstić information content (AvgIpc) is 2.70. The Morgan fingerprint density at radius 3 is 2.50 bits per heavy atom. The van der Waals surface area contributed by atoms with Crippen molar-refractivity contribution in [3.05, 3.63) is 0 Å². The van der Waals surface area contributed by atoms with Gasteiger partial charge >= 0.3 is 5.97 Å². The molecule has 1 aliphatic carbocycles. The van der Waals surface area contributed by atoms with Crippen LogP contribution in [0.4, 0.5) is 0 Å². The number of carboxylic acid groups (broad SMARTS) is 1. The summed E-state index contributed by atoms with van der Waals surface area (Å²) >= 11 is 0. The molecule has 12 heavy (non-hydrogen) atoms. The topological polar surface area (TPSA) is 78.4 Å². The van der Waals surface area contributed by atoms with Crippen molar-refractivity contribution in [2.45, 2.75) is 18.9 Å². The van der Waals surface area contributed by atoms with Gasteiger partial charge in [0.1, 0.15) is 0 Å². The lowest BCUT2D eigenvalue weighted by Gasteiger charge is -2.02. The summed E-state index contributed by atoms with van der Waals surface area (Å²) in [5, 5.41) is 13.5. The standard InChI is InChI=1S/C7H12N2O3/c10-6(9-5-1-2-5)3-8-4-7(11)12/h5,8H,1-4H2,(H,9,10)(H,11,12). The maximum Gasteiger partial charge on any atom is 0.317 e. The van der Waals surface area contributed by atoms with E-state index in [1.807, 2.05) is 0 Å². The van der Waals surface area contributed by atoms with Gasteiger partial charge in [0.05, 0.1) is 13.1 Å². The number of aliphatic carboxylic acids is 1. The zero-order valence-electron chi connectivity index (χ0n) is 6.67. The summed E-state index contributed by atoms with van der Waals surface area (Å²) in [6, 6.07) is 0.337. The third-order valence-corrected chi connectivity index (χ3v) is 1.50. The number of amides is 1. The summed E-state index contributed by atoms with van der Waals surface area (Å²) in [5.41, 5.74) is 0. The molecule has 0 radical (unpaired) electrons. The highest BCUT2D eigenvalue weighted by Gasteiger charge is 2.22. The molecule has 0 atom stereocenters. The molecule has 1 saturated carbocycles. The molecule has 0 aromatic carbocycles. The van der Waals surface area contributed by atoms with Crippen molar-refractivity contribution in [3.8, 4) is 0 Å². The lowest BCUT2D eigenvalue weighted by Crippen LogP contribution is -2.37. The van der Waals surface area contributed by atoms with Crippen molar-refractivity contribution in [2.24, 2.45) is 0 Å². The Morgan fingerprint density at radius 1 is 1.33 bits per heavy atom. The highest BCUT2D eigenvalue weighted by atomic mass is 16.4. The monoisotopic (exact) mass is 172 g/mol. The van der Waals surface area contributed by atoms with Gasteiger partial charge in [0.15, 0.2) is 0 Å². The Hall–Kier alpha value is -1.10. The normalized spacial score (nSPS) is 15.7. The molecule has 1 aliphatic rings. The molecular weight excluding hydrogens is 160 g/mol. The van der Waals surface area contributed by atoms with Crippen LogP contribution in [0.3, 0.4) is 0 Å². The first-order valence-electron chi connectivity index (χ1n) is 3.90. The van der Waals surface area contributed by atoms with Crippen LogP contribution >= 0.6 is 0 Å². The molecule has 1 amide bonds. The molecular formula is C7H12N2O3. The smallest absolute Gasteiger partial charge is 0.317 e. The van der Waals surface area contributed by atoms with Crippen LogP contribution in [0.25, 0.3) is 0 Å². The van der Waals surface area contributed by atoms with Crippen LogP contribution in [-0.2, 0) is 9.59 Å². The Balaban J connectivity index is 1.97. The summed E-state index contributed by atoms with van der Waals surface area (Å²) in [4.78, 5) is 20.9. The number of hydrogen-bond acceptors (Lipinski definition) is 3. The fraction of sp³-hybridized carbons (Fsp3) is 0.714. The Kier molecular flexibility index (Phi) is 3.04. The molecule has 1 rings (SSSR count). The summed E-state index contributed by atoms with van der Waals surface area (Å²) in [5.74, 6) is -1.08. The van der Waals surface area contributed by atoms with Crippen LogP contribution in [0, 0.1) is 0 Å². The fourth-order valence-electron chi connectivity index (χ4n) is 0.789. The predicted octanol–water partition coefficient (Wildman–Crippen LogP) is -1.06. The number of nitrogens with one attached hydrogen (secondary N) is 2. The van der Waals surface area contributed by atoms with E-state index in [9.17, 15) is 9.59 Å². The van der Waals surface area contributed by atoms with Gasteiger partial charge in [-0.05, 0) is 12.8 Å². The molecule has 0 aromatic rings. The molecule has 0 heterocycles. The lowest BCUT2D eigenvalue weighted by molar-refractivity contribution is -0.136. The van der Waals surface area contributed by atoms with Crippen LogP contribution in [0.2, 0.25) is 0 Å². The maximum atomic E-state index is 10.9. The third-order valence-electron chi connectivity index (χ3n) is 1.50. The average molecular weight is 172 g/mol. The lowest BCUT2D eigenvalue weighted by atomic mass is 10.5. The van der Waals surface area contributed by atoms with Gasteiger partial charge in [-0.25, -0.2) is 0 Å². The van der Waals surface area contributed by atoms with E-state index < -0.39 is 5.97 Å². The third kappa shape index (κ3) is 3.92. The van der Waals surface area contributed by atoms with E-state index in [0.717, 1.165) is 12.8 Å². The van der Waals surface area contributed by atoms with Crippen molar-refractivity contribution in [2.75, 3.05) is 13.1 Å². The molecule has 5 heteroatoms. The predicted molar refractivity (Wildman–Crippen MR) is 41.7 cm³/mol.